The first-order valence-corrected chi connectivity index (χ1v) is 16.2. The van der Waals surface area contributed by atoms with Gasteiger partial charge in [-0.25, -0.2) is 0 Å². The summed E-state index contributed by atoms with van der Waals surface area (Å²) in [5.74, 6) is 2.22. The van der Waals surface area contributed by atoms with Gasteiger partial charge in [0.2, 0.25) is 0 Å². The quantitative estimate of drug-likeness (QED) is 0.0221. The zero-order valence-electron chi connectivity index (χ0n) is 28.4. The topological polar surface area (TPSA) is 124 Å². The molecule has 0 aliphatic rings. The minimum atomic E-state index is 0.00922. The molecule has 0 saturated carbocycles. The molecular formula is C43H35N5O3. The van der Waals surface area contributed by atoms with Crippen LogP contribution in [0.15, 0.2) is 144 Å². The lowest BCUT2D eigenvalue weighted by Crippen LogP contribution is -1.98. The maximum absolute atomic E-state index is 9.89. The molecule has 0 atom stereocenters. The molecule has 8 nitrogen and oxygen atoms in total. The fourth-order valence-electron chi connectivity index (χ4n) is 5.54. The van der Waals surface area contributed by atoms with Gasteiger partial charge in [-0.2, -0.15) is 10.5 Å². The normalized spacial score (nSPS) is 10.3. The van der Waals surface area contributed by atoms with E-state index in [1.807, 2.05) is 97.1 Å². The summed E-state index contributed by atoms with van der Waals surface area (Å²) in [5.41, 5.74) is 16.6. The summed E-state index contributed by atoms with van der Waals surface area (Å²) in [6, 6.07) is 45.8. The molecule has 5 aromatic rings. The van der Waals surface area contributed by atoms with E-state index >= 15 is 0 Å². The zero-order valence-corrected chi connectivity index (χ0v) is 28.4. The highest BCUT2D eigenvalue weighted by Crippen LogP contribution is 2.38. The van der Waals surface area contributed by atoms with Crippen LogP contribution in [-0.4, -0.2) is 27.4 Å². The summed E-state index contributed by atoms with van der Waals surface area (Å²) in [5, 5.41) is 23.3. The molecule has 8 heteroatoms. The van der Waals surface area contributed by atoms with E-state index in [0.717, 1.165) is 56.0 Å². The fourth-order valence-corrected chi connectivity index (χ4v) is 5.54. The third-order valence-electron chi connectivity index (χ3n) is 8.10. The molecule has 0 bridgehead atoms. The Morgan fingerprint density at radius 2 is 1.12 bits per heavy atom. The average molecular weight is 670 g/mol. The van der Waals surface area contributed by atoms with E-state index < -0.39 is 0 Å². The van der Waals surface area contributed by atoms with Crippen LogP contribution in [0.2, 0.25) is 0 Å². The Hall–Kier alpha value is -6.99. The number of benzene rings is 5. The van der Waals surface area contributed by atoms with Gasteiger partial charge in [0, 0.05) is 17.0 Å². The van der Waals surface area contributed by atoms with Gasteiger partial charge in [0.25, 0.3) is 0 Å². The molecule has 0 saturated heterocycles. The lowest BCUT2D eigenvalue weighted by molar-refractivity contribution is 0.313. The second-order valence-corrected chi connectivity index (χ2v) is 11.2. The number of methoxy groups -OCH3 is 2. The molecule has 5 rings (SSSR count). The molecule has 51 heavy (non-hydrogen) atoms. The van der Waals surface area contributed by atoms with Gasteiger partial charge in [-0.15, -0.1) is 0 Å². The van der Waals surface area contributed by atoms with Crippen LogP contribution in [0.3, 0.4) is 0 Å². The van der Waals surface area contributed by atoms with Gasteiger partial charge in [-0.1, -0.05) is 108 Å². The van der Waals surface area contributed by atoms with Gasteiger partial charge < -0.3 is 14.2 Å². The van der Waals surface area contributed by atoms with Crippen molar-refractivity contribution < 1.29 is 14.2 Å². The van der Waals surface area contributed by atoms with Crippen LogP contribution in [0.1, 0.15) is 39.8 Å². The van der Waals surface area contributed by atoms with E-state index in [2.05, 4.69) is 58.6 Å². The van der Waals surface area contributed by atoms with E-state index in [0.29, 0.717) is 30.9 Å². The van der Waals surface area contributed by atoms with Gasteiger partial charge in [0.1, 0.15) is 35.0 Å². The third-order valence-corrected chi connectivity index (χ3v) is 8.10. The predicted octanol–water partition coefficient (Wildman–Crippen LogP) is 10.3. The monoisotopic (exact) mass is 669 g/mol. The molecule has 5 aromatic carbocycles. The summed E-state index contributed by atoms with van der Waals surface area (Å²) >= 11 is 0. The second kappa shape index (κ2) is 18.0. The highest BCUT2D eigenvalue weighted by atomic mass is 16.5. The van der Waals surface area contributed by atoms with E-state index in [9.17, 15) is 10.5 Å². The van der Waals surface area contributed by atoms with Crippen molar-refractivity contribution in [3.8, 4) is 29.4 Å². The van der Waals surface area contributed by atoms with Gasteiger partial charge >= 0.3 is 0 Å². The Labute approximate surface area is 298 Å². The number of rotatable bonds is 14. The van der Waals surface area contributed by atoms with Crippen molar-refractivity contribution in [2.45, 2.75) is 6.42 Å². The standard InChI is InChI=1S/C43H35N5O3/c1-49-38-22-16-35(17-23-38)43(36-18-24-39(50-2)25-19-36)42(33-7-4-3-5-8-33)34-14-12-32(13-15-34)41(37(29-44)30-45)26-11-31-9-20-40(21-10-31)51-28-6-27-47-48-46/h3-5,7-26H,6,27-28H2,1-2H3/b26-11+. The molecule has 0 aliphatic carbocycles. The minimum absolute atomic E-state index is 0.00922. The van der Waals surface area contributed by atoms with Gasteiger partial charge in [0.05, 0.1) is 20.8 Å². The number of hydrogen-bond donors (Lipinski definition) is 0. The lowest BCUT2D eigenvalue weighted by atomic mass is 9.85. The van der Waals surface area contributed by atoms with Crippen LogP contribution in [0.25, 0.3) is 33.2 Å². The molecule has 0 fully saturated rings. The summed E-state index contributed by atoms with van der Waals surface area (Å²) < 4.78 is 16.6. The first-order valence-electron chi connectivity index (χ1n) is 16.2. The van der Waals surface area contributed by atoms with Gasteiger partial charge in [0.15, 0.2) is 0 Å². The molecule has 0 heterocycles. The Bertz CT molecular complexity index is 2080. The predicted molar refractivity (Wildman–Crippen MR) is 202 cm³/mol. The summed E-state index contributed by atoms with van der Waals surface area (Å²) in [4.78, 5) is 2.75. The average Bonchev–Trinajstić information content (AvgIpc) is 3.19. The number of nitriles is 2. The van der Waals surface area contributed by atoms with Crippen molar-refractivity contribution in [2.75, 3.05) is 27.4 Å². The van der Waals surface area contributed by atoms with Gasteiger partial charge in [-0.3, -0.25) is 0 Å². The highest BCUT2D eigenvalue weighted by Gasteiger charge is 2.17. The first-order chi connectivity index (χ1) is 25.1. The van der Waals surface area contributed by atoms with Crippen LogP contribution in [0.5, 0.6) is 17.2 Å². The van der Waals surface area contributed by atoms with E-state index in [1.165, 1.54) is 0 Å². The van der Waals surface area contributed by atoms with Crippen molar-refractivity contribution in [1.82, 2.24) is 0 Å². The Kier molecular flexibility index (Phi) is 12.4. The van der Waals surface area contributed by atoms with Crippen molar-refractivity contribution in [2.24, 2.45) is 5.11 Å². The number of nitrogens with zero attached hydrogens (tertiary/aromatic N) is 5. The van der Waals surface area contributed by atoms with E-state index in [-0.39, 0.29) is 5.57 Å². The van der Waals surface area contributed by atoms with Crippen LogP contribution < -0.4 is 14.2 Å². The molecule has 0 radical (unpaired) electrons. The van der Waals surface area contributed by atoms with Crippen molar-refractivity contribution in [3.05, 3.63) is 183 Å². The number of azide groups is 1. The second-order valence-electron chi connectivity index (χ2n) is 11.2. The molecule has 0 aromatic heterocycles. The maximum Gasteiger partial charge on any atom is 0.137 e. The summed E-state index contributed by atoms with van der Waals surface area (Å²) in [6.45, 7) is 0.817. The van der Waals surface area contributed by atoms with Crippen LogP contribution >= 0.6 is 0 Å². The molecule has 0 spiro atoms. The van der Waals surface area contributed by atoms with Crippen LogP contribution in [0, 0.1) is 22.7 Å². The van der Waals surface area contributed by atoms with Crippen LogP contribution in [0.4, 0.5) is 0 Å². The lowest BCUT2D eigenvalue weighted by Gasteiger charge is -2.19. The number of ether oxygens (including phenoxy) is 3. The molecule has 0 unspecified atom stereocenters. The van der Waals surface area contributed by atoms with Gasteiger partial charge in [-0.05, 0) is 92.9 Å². The summed E-state index contributed by atoms with van der Waals surface area (Å²) in [6.07, 6.45) is 4.28. The molecule has 250 valence electrons. The highest BCUT2D eigenvalue weighted by molar-refractivity contribution is 6.04. The Morgan fingerprint density at radius 3 is 1.61 bits per heavy atom. The Morgan fingerprint density at radius 1 is 0.647 bits per heavy atom. The third kappa shape index (κ3) is 9.13. The van der Waals surface area contributed by atoms with E-state index in [1.54, 1.807) is 20.3 Å². The smallest absolute Gasteiger partial charge is 0.137 e. The first kappa shape index (κ1) is 35.3. The van der Waals surface area contributed by atoms with Crippen molar-refractivity contribution in [1.29, 1.82) is 10.5 Å². The largest absolute Gasteiger partial charge is 0.497 e. The number of hydrogen-bond acceptors (Lipinski definition) is 6. The number of allylic oxidation sites excluding steroid dienone is 3. The molecule has 0 N–H and O–H groups in total. The maximum atomic E-state index is 9.89. The van der Waals surface area contributed by atoms with Crippen LogP contribution in [-0.2, 0) is 0 Å². The molecule has 0 aliphatic heterocycles. The molecule has 0 amide bonds. The summed E-state index contributed by atoms with van der Waals surface area (Å²) in [7, 11) is 3.30. The van der Waals surface area contributed by atoms with Crippen molar-refractivity contribution in [3.63, 3.8) is 0 Å². The zero-order chi connectivity index (χ0) is 35.8. The fraction of sp³-hybridized carbons (Fsp3) is 0.116. The Balaban J connectivity index is 1.55. The van der Waals surface area contributed by atoms with E-state index in [4.69, 9.17) is 19.7 Å². The minimum Gasteiger partial charge on any atom is -0.497 e. The van der Waals surface area contributed by atoms with Crippen molar-refractivity contribution >= 4 is 22.8 Å². The molecular weight excluding hydrogens is 635 g/mol. The SMILES string of the molecule is COc1ccc(C(=C(c2ccccc2)c2ccc(C(/C=C/c3ccc(OCCCN=[N+]=[N-])cc3)=C(C#N)C#N)cc2)c2ccc(OC)cc2)cc1.